The smallest absolute Gasteiger partial charge is 0.371 e. The maximum Gasteiger partial charge on any atom is 0.394 e. The van der Waals surface area contributed by atoms with Crippen LogP contribution in [0.2, 0.25) is 0 Å². The zero-order chi connectivity index (χ0) is 21.0. The Morgan fingerprint density at radius 2 is 1.90 bits per heavy atom. The number of nitriles is 1. The molecule has 3 heterocycles. The number of rotatable bonds is 3. The lowest BCUT2D eigenvalue weighted by Crippen LogP contribution is -2.24. The van der Waals surface area contributed by atoms with Gasteiger partial charge in [-0.25, -0.2) is 4.98 Å². The Kier molecular flexibility index (Phi) is 4.17. The van der Waals surface area contributed by atoms with Crippen LogP contribution in [0.1, 0.15) is 25.1 Å². The molecule has 0 amide bonds. The third-order valence-corrected chi connectivity index (χ3v) is 4.84. The Labute approximate surface area is 164 Å². The Hall–Kier alpha value is -3.31. The molecule has 0 spiro atoms. The molecule has 0 aliphatic rings. The third kappa shape index (κ3) is 3.34. The van der Waals surface area contributed by atoms with E-state index in [0.29, 0.717) is 5.56 Å². The molecular weight excluding hydrogens is 381 g/mol. The summed E-state index contributed by atoms with van der Waals surface area (Å²) < 4.78 is 41.4. The van der Waals surface area contributed by atoms with Gasteiger partial charge in [0, 0.05) is 29.5 Å². The van der Waals surface area contributed by atoms with Crippen LogP contribution in [0.5, 0.6) is 0 Å². The minimum atomic E-state index is -4.36. The third-order valence-electron chi connectivity index (χ3n) is 4.84. The summed E-state index contributed by atoms with van der Waals surface area (Å²) in [5.41, 5.74) is 1.47. The molecule has 148 valence electrons. The van der Waals surface area contributed by atoms with Crippen LogP contribution in [0.3, 0.4) is 0 Å². The maximum absolute atomic E-state index is 12.8. The first-order valence-electron chi connectivity index (χ1n) is 8.88. The van der Waals surface area contributed by atoms with Gasteiger partial charge in [-0.3, -0.25) is 0 Å². The molecule has 4 rings (SSSR count). The van der Waals surface area contributed by atoms with Crippen molar-refractivity contribution in [2.24, 2.45) is 0 Å². The molecule has 0 unspecified atom stereocenters. The van der Waals surface area contributed by atoms with E-state index in [0.717, 1.165) is 22.7 Å². The quantitative estimate of drug-likeness (QED) is 0.548. The van der Waals surface area contributed by atoms with Crippen molar-refractivity contribution in [3.05, 3.63) is 60.2 Å². The van der Waals surface area contributed by atoms with E-state index < -0.39 is 18.3 Å². The van der Waals surface area contributed by atoms with E-state index in [1.165, 1.54) is 10.6 Å². The largest absolute Gasteiger partial charge is 0.394 e. The first-order chi connectivity index (χ1) is 13.6. The van der Waals surface area contributed by atoms with Crippen LogP contribution in [0.25, 0.3) is 27.7 Å². The zero-order valence-corrected chi connectivity index (χ0v) is 15.7. The highest BCUT2D eigenvalue weighted by Gasteiger charge is 2.30. The van der Waals surface area contributed by atoms with Crippen LogP contribution in [-0.4, -0.2) is 25.2 Å². The van der Waals surface area contributed by atoms with Gasteiger partial charge in [0.15, 0.2) is 5.65 Å². The van der Waals surface area contributed by atoms with E-state index in [1.54, 1.807) is 30.7 Å². The van der Waals surface area contributed by atoms with Crippen molar-refractivity contribution < 1.29 is 18.3 Å². The number of benzene rings is 1. The lowest BCUT2D eigenvalue weighted by Gasteiger charge is -2.21. The average Bonchev–Trinajstić information content (AvgIpc) is 3.23. The van der Waals surface area contributed by atoms with Crippen molar-refractivity contribution >= 4 is 16.6 Å². The predicted molar refractivity (Wildman–Crippen MR) is 102 cm³/mol. The first kappa shape index (κ1) is 19.0. The molecule has 8 heteroatoms. The van der Waals surface area contributed by atoms with Gasteiger partial charge < -0.3 is 14.1 Å². The number of aromatic nitrogens is 3. The topological polar surface area (TPSA) is 66.2 Å². The summed E-state index contributed by atoms with van der Waals surface area (Å²) in [5, 5.41) is 20.8. The minimum Gasteiger partial charge on any atom is -0.371 e. The van der Waals surface area contributed by atoms with Gasteiger partial charge in [-0.2, -0.15) is 18.4 Å². The second-order valence-corrected chi connectivity index (χ2v) is 7.41. The molecule has 4 aromatic rings. The average molecular weight is 398 g/mol. The monoisotopic (exact) mass is 398 g/mol. The fraction of sp³-hybridized carbons (Fsp3) is 0.238. The molecule has 0 fully saturated rings. The Balaban J connectivity index is 1.85. The summed E-state index contributed by atoms with van der Waals surface area (Å²) in [6.45, 7) is 3.36. The summed E-state index contributed by atoms with van der Waals surface area (Å²) in [6, 6.07) is 11.1. The van der Waals surface area contributed by atoms with Crippen molar-refractivity contribution in [3.63, 3.8) is 0 Å². The number of aliphatic hydroxyl groups is 1. The molecule has 5 nitrogen and oxygen atoms in total. The van der Waals surface area contributed by atoms with Crippen LogP contribution in [0.4, 0.5) is 13.2 Å². The molecule has 29 heavy (non-hydrogen) atoms. The fourth-order valence-corrected chi connectivity index (χ4v) is 3.57. The second-order valence-electron chi connectivity index (χ2n) is 7.41. The van der Waals surface area contributed by atoms with E-state index in [-0.39, 0.29) is 16.9 Å². The van der Waals surface area contributed by atoms with E-state index in [4.69, 9.17) is 0 Å². The molecular formula is C21H17F3N4O. The number of hydrogen-bond donors (Lipinski definition) is 1. The van der Waals surface area contributed by atoms with Crippen molar-refractivity contribution in [2.75, 3.05) is 0 Å². The molecule has 1 aromatic carbocycles. The summed E-state index contributed by atoms with van der Waals surface area (Å²) in [7, 11) is 0. The van der Waals surface area contributed by atoms with Crippen LogP contribution >= 0.6 is 0 Å². The van der Waals surface area contributed by atoms with Crippen LogP contribution in [-0.2, 0) is 12.1 Å². The zero-order valence-electron chi connectivity index (χ0n) is 15.7. The highest BCUT2D eigenvalue weighted by Crippen LogP contribution is 2.32. The molecule has 1 N–H and O–H groups in total. The summed E-state index contributed by atoms with van der Waals surface area (Å²) in [6.07, 6.45) is -1.04. The number of halogens is 3. The SMILES string of the molecule is CC(C)(O)n1ccc2cc(-c3ccn4c(CC(F)(F)F)cnc4c3C#N)ccc21. The number of imidazole rings is 1. The van der Waals surface area contributed by atoms with Crippen molar-refractivity contribution in [3.8, 4) is 17.2 Å². The molecule has 0 radical (unpaired) electrons. The normalized spacial score (nSPS) is 12.6. The molecule has 0 saturated heterocycles. The number of pyridine rings is 1. The number of fused-ring (bicyclic) bond motifs is 2. The van der Waals surface area contributed by atoms with Gasteiger partial charge in [0.05, 0.1) is 17.6 Å². The van der Waals surface area contributed by atoms with Crippen LogP contribution < -0.4 is 0 Å². The van der Waals surface area contributed by atoms with Crippen molar-refractivity contribution in [1.82, 2.24) is 14.0 Å². The molecule has 0 saturated carbocycles. The first-order valence-corrected chi connectivity index (χ1v) is 8.88. The van der Waals surface area contributed by atoms with Gasteiger partial charge in [0.1, 0.15) is 17.4 Å². The van der Waals surface area contributed by atoms with Gasteiger partial charge >= 0.3 is 6.18 Å². The van der Waals surface area contributed by atoms with Gasteiger partial charge in [0.2, 0.25) is 0 Å². The summed E-state index contributed by atoms with van der Waals surface area (Å²) in [5.74, 6) is 0. The Morgan fingerprint density at radius 3 is 2.55 bits per heavy atom. The number of alkyl halides is 3. The van der Waals surface area contributed by atoms with Crippen molar-refractivity contribution in [2.45, 2.75) is 32.2 Å². The van der Waals surface area contributed by atoms with Crippen LogP contribution in [0, 0.1) is 11.3 Å². The molecule has 0 atom stereocenters. The fourth-order valence-electron chi connectivity index (χ4n) is 3.57. The molecule has 0 aliphatic carbocycles. The Morgan fingerprint density at radius 1 is 1.14 bits per heavy atom. The van der Waals surface area contributed by atoms with E-state index in [1.807, 2.05) is 24.3 Å². The summed E-state index contributed by atoms with van der Waals surface area (Å²) >= 11 is 0. The van der Waals surface area contributed by atoms with Gasteiger partial charge in [-0.15, -0.1) is 0 Å². The lowest BCUT2D eigenvalue weighted by molar-refractivity contribution is -0.127. The molecule has 0 bridgehead atoms. The van der Waals surface area contributed by atoms with Crippen LogP contribution in [0.15, 0.2) is 48.9 Å². The van der Waals surface area contributed by atoms with Gasteiger partial charge in [-0.05, 0) is 43.7 Å². The number of hydrogen-bond acceptors (Lipinski definition) is 3. The molecule has 3 aromatic heterocycles. The van der Waals surface area contributed by atoms with Gasteiger partial charge in [-0.1, -0.05) is 6.07 Å². The van der Waals surface area contributed by atoms with E-state index in [2.05, 4.69) is 11.1 Å². The van der Waals surface area contributed by atoms with Crippen molar-refractivity contribution in [1.29, 1.82) is 5.26 Å². The maximum atomic E-state index is 12.8. The minimum absolute atomic E-state index is 0.0201. The lowest BCUT2D eigenvalue weighted by atomic mass is 10.0. The second kappa shape index (κ2) is 6.36. The standard InChI is InChI=1S/C21H17F3N4O/c1-20(2,29)28-8-5-14-9-13(3-4-18(14)28)16-6-7-27-15(10-21(22,23)24)12-26-19(27)17(16)11-25/h3-9,12,29H,10H2,1-2H3. The number of nitrogens with zero attached hydrogens (tertiary/aromatic N) is 4. The highest BCUT2D eigenvalue weighted by atomic mass is 19.4. The predicted octanol–water partition coefficient (Wildman–Crippen LogP) is 4.62. The summed E-state index contributed by atoms with van der Waals surface area (Å²) in [4.78, 5) is 4.06. The van der Waals surface area contributed by atoms with Gasteiger partial charge in [0.25, 0.3) is 0 Å². The van der Waals surface area contributed by atoms with E-state index >= 15 is 0 Å². The van der Waals surface area contributed by atoms with E-state index in [9.17, 15) is 23.5 Å². The molecule has 0 aliphatic heterocycles. The highest BCUT2D eigenvalue weighted by molar-refractivity contribution is 5.88. The Bertz CT molecular complexity index is 1270.